The Morgan fingerprint density at radius 2 is 0.504 bits per heavy atom. The maximum atomic E-state index is 15.9. The average Bonchev–Trinajstić information content (AvgIpc) is 1.72. The van der Waals surface area contributed by atoms with Gasteiger partial charge in [0.1, 0.15) is 54.4 Å². The first-order valence-electron chi connectivity index (χ1n) is 40.8. The number of carbonyl (C=O) groups is 10. The molecule has 0 aliphatic rings. The SMILES string of the molecule is CC(C)C[C@H](N)C(=O)N[C@@H](Cc1c[nH]c2ccccc12)C(=O)N[C@@H](Cc1c[nH]c2ccccc12)C(=O)N[C@@H](CCCNC(=N)N)C(=O)N[C@@H](Cc1c[nH]c2ccccc12)C(=O)N[C@@H](Cc1c[nH]c2ccccc12)C(=O)N[C@@H](CCCNC(=N)N)C(=O)N[C@@H](CCCNC(=N)N)C(=O)N[C@@H](CCCNC(=N)N)C(=O)N[C@@H](Cc1c[nH]c2ccccc12)C(=O)O. The van der Waals surface area contributed by atoms with Crippen molar-refractivity contribution in [1.29, 1.82) is 21.6 Å². The van der Waals surface area contributed by atoms with E-state index in [4.69, 9.17) is 50.3 Å². The fraction of sp³-hybridized carbons (Fsp3) is 0.365. The highest BCUT2D eigenvalue weighted by atomic mass is 16.4. The Hall–Kier alpha value is -14.5. The number of rotatable bonds is 47. The lowest BCUT2D eigenvalue weighted by Crippen LogP contribution is -2.61. The third-order valence-electron chi connectivity index (χ3n) is 21.2. The number of carboxylic acid groups (broad SMARTS) is 1. The topological polar surface area (TPSA) is 652 Å². The van der Waals surface area contributed by atoms with Crippen LogP contribution in [0.5, 0.6) is 0 Å². The van der Waals surface area contributed by atoms with Gasteiger partial charge in [-0.05, 0) is 122 Å². The van der Waals surface area contributed by atoms with Crippen LogP contribution in [0.4, 0.5) is 0 Å². The predicted molar refractivity (Wildman–Crippen MR) is 469 cm³/mol. The third-order valence-corrected chi connectivity index (χ3v) is 21.2. The number of H-pyrrole nitrogens is 5. The van der Waals surface area contributed by atoms with Crippen LogP contribution in [0.25, 0.3) is 54.5 Å². The number of carbonyl (C=O) groups excluding carboxylic acids is 9. The summed E-state index contributed by atoms with van der Waals surface area (Å²) in [6.07, 6.45) is 7.43. The zero-order valence-electron chi connectivity index (χ0n) is 68.4. The lowest BCUT2D eigenvalue weighted by atomic mass is 9.99. The number of benzene rings is 5. The van der Waals surface area contributed by atoms with Crippen LogP contribution in [-0.4, -0.2) is 200 Å². The van der Waals surface area contributed by atoms with Crippen LogP contribution in [0.3, 0.4) is 0 Å². The molecular weight excluding hydrogens is 1580 g/mol. The monoisotopic (exact) mass is 1690 g/mol. The largest absolute Gasteiger partial charge is 0.480 e. The number of aliphatic carboxylic acids is 1. The first kappa shape index (κ1) is 90.9. The smallest absolute Gasteiger partial charge is 0.326 e. The van der Waals surface area contributed by atoms with Crippen LogP contribution in [0, 0.1) is 27.6 Å². The van der Waals surface area contributed by atoms with Gasteiger partial charge in [0.2, 0.25) is 53.2 Å². The molecular formula is C85H111N27O11. The molecule has 38 heteroatoms. The summed E-state index contributed by atoms with van der Waals surface area (Å²) in [6, 6.07) is 21.7. The Morgan fingerprint density at radius 1 is 0.309 bits per heavy atom. The second-order valence-electron chi connectivity index (χ2n) is 30.9. The lowest BCUT2D eigenvalue weighted by Gasteiger charge is -2.29. The van der Waals surface area contributed by atoms with E-state index >= 15 is 28.8 Å². The highest BCUT2D eigenvalue weighted by Gasteiger charge is 2.38. The van der Waals surface area contributed by atoms with Crippen LogP contribution in [-0.2, 0) is 80.0 Å². The molecule has 38 nitrogen and oxygen atoms in total. The van der Waals surface area contributed by atoms with E-state index in [1.807, 2.05) is 74.5 Å². The fourth-order valence-electron chi connectivity index (χ4n) is 14.9. The van der Waals surface area contributed by atoms with Crippen LogP contribution < -0.4 is 97.8 Å². The van der Waals surface area contributed by atoms with E-state index in [9.17, 15) is 24.3 Å². The average molecular weight is 1690 g/mol. The minimum atomic E-state index is -1.61. The number of hydrogen-bond donors (Lipinski definition) is 28. The van der Waals surface area contributed by atoms with E-state index in [0.29, 0.717) is 56.0 Å². The number of hydrogen-bond acceptors (Lipinski definition) is 15. The highest BCUT2D eigenvalue weighted by molar-refractivity contribution is 6.01. The van der Waals surface area contributed by atoms with Crippen molar-refractivity contribution in [2.24, 2.45) is 34.6 Å². The van der Waals surface area contributed by atoms with Crippen LogP contribution >= 0.6 is 0 Å². The molecule has 5 aromatic heterocycles. The summed E-state index contributed by atoms with van der Waals surface area (Å²) in [5.74, 6) is -10.7. The second-order valence-corrected chi connectivity index (χ2v) is 30.9. The fourth-order valence-corrected chi connectivity index (χ4v) is 14.9. The third kappa shape index (κ3) is 26.3. The quantitative estimate of drug-likeness (QED) is 0.0146. The zero-order valence-corrected chi connectivity index (χ0v) is 68.4. The number of nitrogens with one attached hydrogen (secondary N) is 22. The Balaban J connectivity index is 0.963. The van der Waals surface area contributed by atoms with Crippen molar-refractivity contribution in [3.05, 3.63) is 180 Å². The van der Waals surface area contributed by atoms with E-state index in [2.05, 4.69) is 94.0 Å². The number of amides is 9. The maximum absolute atomic E-state index is 15.9. The van der Waals surface area contributed by atoms with Gasteiger partial charge in [-0.1, -0.05) is 105 Å². The molecule has 5 aromatic carbocycles. The molecule has 10 rings (SSSR count). The minimum absolute atomic E-state index is 0.00218. The number of aromatic nitrogens is 5. The molecule has 123 heavy (non-hydrogen) atoms. The summed E-state index contributed by atoms with van der Waals surface area (Å²) >= 11 is 0. The summed E-state index contributed by atoms with van der Waals surface area (Å²) in [5, 5.41) is 81.4. The van der Waals surface area contributed by atoms with Gasteiger partial charge in [0.25, 0.3) is 0 Å². The molecule has 0 fully saturated rings. The number of guanidine groups is 4. The molecule has 0 saturated heterocycles. The van der Waals surface area contributed by atoms with Gasteiger partial charge in [0.15, 0.2) is 23.8 Å². The number of para-hydroxylation sites is 5. The highest BCUT2D eigenvalue weighted by Crippen LogP contribution is 2.26. The summed E-state index contributed by atoms with van der Waals surface area (Å²) in [5.41, 5.74) is 35.5. The molecule has 9 amide bonds. The van der Waals surface area contributed by atoms with Gasteiger partial charge < -0.3 is 128 Å². The van der Waals surface area contributed by atoms with Crippen LogP contribution in [0.15, 0.2) is 152 Å². The molecule has 10 atom stereocenters. The Labute approximate surface area is 708 Å². The van der Waals surface area contributed by atoms with Crippen molar-refractivity contribution in [3.63, 3.8) is 0 Å². The molecule has 10 aromatic rings. The Kier molecular flexibility index (Phi) is 32.5. The molecule has 0 bridgehead atoms. The van der Waals surface area contributed by atoms with Crippen molar-refractivity contribution < 1.29 is 53.1 Å². The van der Waals surface area contributed by atoms with E-state index in [1.165, 1.54) is 0 Å². The van der Waals surface area contributed by atoms with Gasteiger partial charge >= 0.3 is 5.97 Å². The molecule has 652 valence electrons. The van der Waals surface area contributed by atoms with E-state index in [1.54, 1.807) is 91.6 Å². The maximum Gasteiger partial charge on any atom is 0.326 e. The molecule has 0 unspecified atom stereocenters. The van der Waals surface area contributed by atoms with Crippen molar-refractivity contribution in [1.82, 2.24) is 94.0 Å². The van der Waals surface area contributed by atoms with Gasteiger partial charge in [0.05, 0.1) is 6.04 Å². The number of fused-ring (bicyclic) bond motifs is 5. The second kappa shape index (κ2) is 44.0. The summed E-state index contributed by atoms with van der Waals surface area (Å²) < 4.78 is 0. The molecule has 0 spiro atoms. The first-order valence-corrected chi connectivity index (χ1v) is 40.8. The molecule has 0 aliphatic carbocycles. The van der Waals surface area contributed by atoms with E-state index in [-0.39, 0.29) is 127 Å². The number of aromatic amines is 5. The van der Waals surface area contributed by atoms with Crippen molar-refractivity contribution in [2.75, 3.05) is 26.2 Å². The van der Waals surface area contributed by atoms with Gasteiger partial charge in [-0.3, -0.25) is 64.8 Å². The molecule has 0 radical (unpaired) electrons. The standard InChI is InChI=1S/C85H111N27O11/c1-46(2)35-57(86)72(113)108-67(36-47-41-99-58-22-8-3-17-52(47)58)79(120)110-68(37-48-42-100-59-23-9-4-18-53(48)59)78(119)107-65(29-15-33-97-84(91)92)75(116)109-70(39-50-44-102-61-25-11-6-20-55(50)61)80(121)111-69(38-49-43-101-60-24-10-5-19-54(49)60)77(118)106-64(28-14-32-96-83(89)90)74(115)104-63(27-13-31-95-82(87)88)73(114)105-66(30-16-34-98-85(93)94)76(117)112-71(81(122)123)40-51-45-103-62-26-12-7-21-56(51)62/h3-12,17-26,41-46,57,63-71,99-103H,13-16,27-40,86H2,1-2H3,(H,104,115)(H,105,114)(H,106,118)(H,107,119)(H,108,113)(H,109,116)(H,110,120)(H,111,121)(H,112,117)(H,122,123)(H4,87,88,95)(H4,89,90,96)(H4,91,92,97)(H4,93,94,98)/t57-,63-,64-,65-,66-,67-,68-,69-,70-,71-/m0/s1. The van der Waals surface area contributed by atoms with E-state index in [0.717, 1.165) is 32.7 Å². The zero-order chi connectivity index (χ0) is 88.2. The van der Waals surface area contributed by atoms with Crippen molar-refractivity contribution in [3.8, 4) is 0 Å². The Bertz CT molecular complexity index is 5410. The molecule has 0 saturated carbocycles. The predicted octanol–water partition coefficient (Wildman–Crippen LogP) is 1.48. The van der Waals surface area contributed by atoms with Crippen molar-refractivity contribution >= 4 is 137 Å². The van der Waals surface area contributed by atoms with Gasteiger partial charge in [-0.15, -0.1) is 0 Å². The van der Waals surface area contributed by atoms with E-state index < -0.39 is 131 Å². The van der Waals surface area contributed by atoms with Gasteiger partial charge in [-0.25, -0.2) is 4.79 Å². The van der Waals surface area contributed by atoms with Gasteiger partial charge in [0, 0.05) is 144 Å². The van der Waals surface area contributed by atoms with Crippen molar-refractivity contribution in [2.45, 2.75) is 164 Å². The normalized spacial score (nSPS) is 13.8. The molecule has 0 aliphatic heterocycles. The van der Waals surface area contributed by atoms with Crippen LogP contribution in [0.2, 0.25) is 0 Å². The number of carboxylic acids is 1. The summed E-state index contributed by atoms with van der Waals surface area (Å²) in [4.78, 5) is 166. The molecule has 33 N–H and O–H groups in total. The lowest BCUT2D eigenvalue weighted by molar-refractivity contribution is -0.142. The number of nitrogens with two attached hydrogens (primary N) is 5. The van der Waals surface area contributed by atoms with Crippen LogP contribution in [0.1, 0.15) is 99.5 Å². The summed E-state index contributed by atoms with van der Waals surface area (Å²) in [7, 11) is 0. The molecule has 5 heterocycles. The Morgan fingerprint density at radius 3 is 0.724 bits per heavy atom. The van der Waals surface area contributed by atoms with Gasteiger partial charge in [-0.2, -0.15) is 0 Å². The minimum Gasteiger partial charge on any atom is -0.480 e. The first-order chi connectivity index (χ1) is 59.0. The summed E-state index contributed by atoms with van der Waals surface area (Å²) in [6.45, 7) is 3.93.